The Morgan fingerprint density at radius 2 is 1.81 bits per heavy atom. The molecule has 36 heavy (non-hydrogen) atoms. The highest BCUT2D eigenvalue weighted by Gasteiger charge is 2.40. The average Bonchev–Trinajstić information content (AvgIpc) is 3.36. The summed E-state index contributed by atoms with van der Waals surface area (Å²) in [4.78, 5) is 25.8. The number of carbonyl (C=O) groups is 2. The van der Waals surface area contributed by atoms with Gasteiger partial charge in [0.25, 0.3) is 0 Å². The zero-order chi connectivity index (χ0) is 26.3. The van der Waals surface area contributed by atoms with Crippen LogP contribution in [0.4, 0.5) is 5.69 Å². The van der Waals surface area contributed by atoms with Crippen molar-refractivity contribution in [1.82, 2.24) is 14.9 Å². The van der Waals surface area contributed by atoms with Crippen LogP contribution in [0.15, 0.2) is 53.4 Å². The van der Waals surface area contributed by atoms with Crippen LogP contribution in [0.3, 0.4) is 0 Å². The second kappa shape index (κ2) is 12.3. The first-order valence-corrected chi connectivity index (χ1v) is 13.6. The van der Waals surface area contributed by atoms with Gasteiger partial charge in [0, 0.05) is 25.2 Å². The number of amides is 1. The van der Waals surface area contributed by atoms with Gasteiger partial charge < -0.3 is 20.7 Å². The molecular weight excluding hydrogens is 500 g/mol. The fraction of sp³-hybridized carbons (Fsp3) is 0.400. The number of nitrogens with zero attached hydrogens (tertiary/aromatic N) is 1. The van der Waals surface area contributed by atoms with Crippen LogP contribution in [0.2, 0.25) is 0 Å². The number of nitrogens with one attached hydrogen (secondary N) is 3. The van der Waals surface area contributed by atoms with Crippen molar-refractivity contribution in [1.29, 1.82) is 0 Å². The van der Waals surface area contributed by atoms with Gasteiger partial charge in [0.05, 0.1) is 12.0 Å². The SMILES string of the molecule is CCNC(=S)Nc1ccc(C[C@H](NC(=O)[C@@H]2CCCN2S(=O)(=O)c2ccc(C)cc2)C(=O)OC)cc1. The predicted molar refractivity (Wildman–Crippen MR) is 142 cm³/mol. The lowest BCUT2D eigenvalue weighted by atomic mass is 10.0. The molecule has 0 aromatic heterocycles. The van der Waals surface area contributed by atoms with Gasteiger partial charge in [-0.25, -0.2) is 13.2 Å². The summed E-state index contributed by atoms with van der Waals surface area (Å²) in [5.41, 5.74) is 2.52. The first-order valence-electron chi connectivity index (χ1n) is 11.8. The third-order valence-corrected chi connectivity index (χ3v) is 8.09. The molecule has 1 heterocycles. The van der Waals surface area contributed by atoms with E-state index < -0.39 is 34.0 Å². The predicted octanol–water partition coefficient (Wildman–Crippen LogP) is 2.35. The van der Waals surface area contributed by atoms with Crippen molar-refractivity contribution in [2.24, 2.45) is 0 Å². The van der Waals surface area contributed by atoms with Crippen LogP contribution in [-0.2, 0) is 30.8 Å². The molecule has 194 valence electrons. The highest BCUT2D eigenvalue weighted by molar-refractivity contribution is 7.89. The normalized spacial score (nSPS) is 16.7. The number of esters is 1. The molecule has 2 aromatic carbocycles. The Hall–Kier alpha value is -3.02. The van der Waals surface area contributed by atoms with Gasteiger partial charge in [-0.15, -0.1) is 0 Å². The van der Waals surface area contributed by atoms with Crippen molar-refractivity contribution in [3.8, 4) is 0 Å². The number of anilines is 1. The summed E-state index contributed by atoms with van der Waals surface area (Å²) in [6, 6.07) is 11.9. The van der Waals surface area contributed by atoms with Crippen LogP contribution < -0.4 is 16.0 Å². The van der Waals surface area contributed by atoms with E-state index in [9.17, 15) is 18.0 Å². The molecule has 0 bridgehead atoms. The zero-order valence-electron chi connectivity index (χ0n) is 20.6. The van der Waals surface area contributed by atoms with Crippen LogP contribution in [-0.4, -0.2) is 62.0 Å². The molecule has 2 atom stereocenters. The van der Waals surface area contributed by atoms with E-state index in [1.54, 1.807) is 24.3 Å². The number of carbonyl (C=O) groups excluding carboxylic acids is 2. The molecule has 11 heteroatoms. The van der Waals surface area contributed by atoms with Gasteiger partial charge >= 0.3 is 5.97 Å². The number of ether oxygens (including phenoxy) is 1. The van der Waals surface area contributed by atoms with Crippen molar-refractivity contribution in [3.05, 3.63) is 59.7 Å². The third kappa shape index (κ3) is 6.80. The Balaban J connectivity index is 1.71. The topological polar surface area (TPSA) is 117 Å². The molecule has 0 aliphatic carbocycles. The summed E-state index contributed by atoms with van der Waals surface area (Å²) in [6.07, 6.45) is 1.11. The molecule has 2 aromatic rings. The minimum atomic E-state index is -3.86. The Labute approximate surface area is 217 Å². The monoisotopic (exact) mass is 532 g/mol. The van der Waals surface area contributed by atoms with Gasteiger partial charge in [0.1, 0.15) is 12.1 Å². The highest BCUT2D eigenvalue weighted by atomic mass is 32.2. The molecule has 3 rings (SSSR count). The number of rotatable bonds is 9. The lowest BCUT2D eigenvalue weighted by Gasteiger charge is -2.25. The number of hydrogen-bond donors (Lipinski definition) is 3. The molecular formula is C25H32N4O5S2. The van der Waals surface area contributed by atoms with E-state index in [0.29, 0.717) is 24.5 Å². The van der Waals surface area contributed by atoms with E-state index >= 15 is 0 Å². The summed E-state index contributed by atoms with van der Waals surface area (Å²) in [6.45, 7) is 4.76. The smallest absolute Gasteiger partial charge is 0.328 e. The Kier molecular flexibility index (Phi) is 9.41. The van der Waals surface area contributed by atoms with Gasteiger partial charge in [-0.1, -0.05) is 29.8 Å². The fourth-order valence-corrected chi connectivity index (χ4v) is 5.95. The van der Waals surface area contributed by atoms with E-state index in [1.807, 2.05) is 38.1 Å². The molecule has 1 amide bonds. The Bertz CT molecular complexity index is 1180. The van der Waals surface area contributed by atoms with Gasteiger partial charge in [0.15, 0.2) is 5.11 Å². The minimum Gasteiger partial charge on any atom is -0.467 e. The summed E-state index contributed by atoms with van der Waals surface area (Å²) >= 11 is 5.18. The van der Waals surface area contributed by atoms with Gasteiger partial charge in [-0.2, -0.15) is 4.31 Å². The summed E-state index contributed by atoms with van der Waals surface area (Å²) in [7, 11) is -2.61. The van der Waals surface area contributed by atoms with E-state index in [1.165, 1.54) is 11.4 Å². The number of thiocarbonyl (C=S) groups is 1. The molecule has 1 saturated heterocycles. The highest BCUT2D eigenvalue weighted by Crippen LogP contribution is 2.26. The minimum absolute atomic E-state index is 0.139. The molecule has 0 spiro atoms. The van der Waals surface area contributed by atoms with Crippen molar-refractivity contribution >= 4 is 44.9 Å². The van der Waals surface area contributed by atoms with E-state index in [-0.39, 0.29) is 17.9 Å². The van der Waals surface area contributed by atoms with Crippen LogP contribution >= 0.6 is 12.2 Å². The third-order valence-electron chi connectivity index (χ3n) is 5.93. The number of aryl methyl sites for hydroxylation is 1. The maximum Gasteiger partial charge on any atom is 0.328 e. The van der Waals surface area contributed by atoms with Crippen LogP contribution in [0, 0.1) is 6.92 Å². The number of hydrogen-bond acceptors (Lipinski definition) is 6. The molecule has 1 aliphatic rings. The lowest BCUT2D eigenvalue weighted by molar-refractivity contribution is -0.145. The summed E-state index contributed by atoms with van der Waals surface area (Å²) in [5, 5.41) is 9.29. The number of sulfonamides is 1. The molecule has 3 N–H and O–H groups in total. The quantitative estimate of drug-likeness (QED) is 0.333. The molecule has 0 unspecified atom stereocenters. The molecule has 9 nitrogen and oxygen atoms in total. The maximum atomic E-state index is 13.2. The van der Waals surface area contributed by atoms with Crippen LogP contribution in [0.25, 0.3) is 0 Å². The van der Waals surface area contributed by atoms with Gasteiger partial charge in [-0.05, 0) is 68.7 Å². The summed E-state index contributed by atoms with van der Waals surface area (Å²) in [5.74, 6) is -1.13. The van der Waals surface area contributed by atoms with Gasteiger partial charge in [-0.3, -0.25) is 4.79 Å². The van der Waals surface area contributed by atoms with E-state index in [2.05, 4.69) is 16.0 Å². The zero-order valence-corrected chi connectivity index (χ0v) is 22.2. The van der Waals surface area contributed by atoms with Crippen molar-refractivity contribution in [2.45, 2.75) is 50.1 Å². The van der Waals surface area contributed by atoms with Crippen molar-refractivity contribution in [3.63, 3.8) is 0 Å². The first-order chi connectivity index (χ1) is 17.1. The number of benzene rings is 2. The molecule has 1 aliphatic heterocycles. The van der Waals surface area contributed by atoms with E-state index in [4.69, 9.17) is 17.0 Å². The number of methoxy groups -OCH3 is 1. The van der Waals surface area contributed by atoms with Crippen LogP contribution in [0.1, 0.15) is 30.9 Å². The molecule has 0 radical (unpaired) electrons. The van der Waals surface area contributed by atoms with Crippen molar-refractivity contribution < 1.29 is 22.7 Å². The average molecular weight is 533 g/mol. The first kappa shape index (κ1) is 27.6. The lowest BCUT2D eigenvalue weighted by Crippen LogP contribution is -2.51. The maximum absolute atomic E-state index is 13.2. The van der Waals surface area contributed by atoms with Crippen LogP contribution in [0.5, 0.6) is 0 Å². The standard InChI is InChI=1S/C25H32N4O5S2/c1-4-26-25(35)27-19-11-9-18(10-12-19)16-21(24(31)34-3)28-23(30)22-6-5-15-29(22)36(32,33)20-13-7-17(2)8-14-20/h7-14,21-22H,4-6,15-16H2,1-3H3,(H,28,30)(H2,26,27,35)/t21-,22-/m0/s1. The van der Waals surface area contributed by atoms with E-state index in [0.717, 1.165) is 16.8 Å². The second-order valence-corrected chi connectivity index (χ2v) is 10.9. The molecule has 1 fully saturated rings. The second-order valence-electron chi connectivity index (χ2n) is 8.56. The Morgan fingerprint density at radius 1 is 1.14 bits per heavy atom. The van der Waals surface area contributed by atoms with Crippen molar-refractivity contribution in [2.75, 3.05) is 25.5 Å². The Morgan fingerprint density at radius 3 is 2.42 bits per heavy atom. The largest absolute Gasteiger partial charge is 0.467 e. The summed E-state index contributed by atoms with van der Waals surface area (Å²) < 4.78 is 32.5. The fourth-order valence-electron chi connectivity index (χ4n) is 4.03. The molecule has 0 saturated carbocycles. The van der Waals surface area contributed by atoms with Gasteiger partial charge in [0.2, 0.25) is 15.9 Å².